The third-order valence-corrected chi connectivity index (χ3v) is 3.30. The molecule has 0 radical (unpaired) electrons. The van der Waals surface area contributed by atoms with Crippen LogP contribution in [0.3, 0.4) is 0 Å². The molecule has 0 spiro atoms. The van der Waals surface area contributed by atoms with E-state index in [4.69, 9.17) is 9.47 Å². The summed E-state index contributed by atoms with van der Waals surface area (Å²) >= 11 is 0. The molecule has 1 aromatic rings. The molecule has 20 heavy (non-hydrogen) atoms. The standard InChI is InChI=1S/C15H22N2O3/c1-19-12-6-7-14(20-2)13(10-12)15(18)17-9-3-8-16-11-4-5-11/h6-7,10-11,16H,3-5,8-9H2,1-2H3,(H,17,18). The van der Waals surface area contributed by atoms with Crippen molar-refractivity contribution in [1.82, 2.24) is 10.6 Å². The van der Waals surface area contributed by atoms with Gasteiger partial charge in [0.25, 0.3) is 5.91 Å². The Balaban J connectivity index is 1.83. The van der Waals surface area contributed by atoms with Crippen LogP contribution in [0, 0.1) is 0 Å². The second-order valence-electron chi connectivity index (χ2n) is 4.90. The van der Waals surface area contributed by atoms with Crippen molar-refractivity contribution in [2.24, 2.45) is 0 Å². The molecule has 0 atom stereocenters. The molecule has 110 valence electrons. The number of rotatable bonds is 8. The van der Waals surface area contributed by atoms with E-state index in [1.807, 2.05) is 0 Å². The van der Waals surface area contributed by atoms with E-state index < -0.39 is 0 Å². The van der Waals surface area contributed by atoms with Gasteiger partial charge >= 0.3 is 0 Å². The van der Waals surface area contributed by atoms with Gasteiger partial charge < -0.3 is 20.1 Å². The van der Waals surface area contributed by atoms with Gasteiger partial charge in [-0.25, -0.2) is 0 Å². The van der Waals surface area contributed by atoms with Crippen molar-refractivity contribution >= 4 is 5.91 Å². The number of carbonyl (C=O) groups is 1. The van der Waals surface area contributed by atoms with Gasteiger partial charge in [0.15, 0.2) is 0 Å². The molecule has 1 aliphatic carbocycles. The van der Waals surface area contributed by atoms with Crippen LogP contribution >= 0.6 is 0 Å². The molecule has 5 nitrogen and oxygen atoms in total. The van der Waals surface area contributed by atoms with Crippen LogP contribution < -0.4 is 20.1 Å². The predicted octanol–water partition coefficient (Wildman–Crippen LogP) is 1.58. The number of benzene rings is 1. The zero-order valence-electron chi connectivity index (χ0n) is 12.1. The zero-order valence-corrected chi connectivity index (χ0v) is 12.1. The van der Waals surface area contributed by atoms with E-state index in [0.29, 0.717) is 29.6 Å². The number of hydrogen-bond acceptors (Lipinski definition) is 4. The van der Waals surface area contributed by atoms with E-state index in [0.717, 1.165) is 13.0 Å². The molecule has 2 N–H and O–H groups in total. The van der Waals surface area contributed by atoms with E-state index in [2.05, 4.69) is 10.6 Å². The lowest BCUT2D eigenvalue weighted by atomic mass is 10.1. The van der Waals surface area contributed by atoms with Gasteiger partial charge in [-0.05, 0) is 44.0 Å². The SMILES string of the molecule is COc1ccc(OC)c(C(=O)NCCCNC2CC2)c1. The Morgan fingerprint density at radius 1 is 1.25 bits per heavy atom. The van der Waals surface area contributed by atoms with E-state index in [1.54, 1.807) is 32.4 Å². The number of carbonyl (C=O) groups excluding carboxylic acids is 1. The third kappa shape index (κ3) is 4.13. The highest BCUT2D eigenvalue weighted by atomic mass is 16.5. The maximum Gasteiger partial charge on any atom is 0.255 e. The number of nitrogens with one attached hydrogen (secondary N) is 2. The Bertz CT molecular complexity index is 458. The Morgan fingerprint density at radius 3 is 2.70 bits per heavy atom. The van der Waals surface area contributed by atoms with Crippen molar-refractivity contribution in [3.63, 3.8) is 0 Å². The highest BCUT2D eigenvalue weighted by Crippen LogP contribution is 2.23. The molecule has 1 saturated carbocycles. The molecule has 0 heterocycles. The van der Waals surface area contributed by atoms with Gasteiger partial charge in [0, 0.05) is 12.6 Å². The van der Waals surface area contributed by atoms with Gasteiger partial charge in [0.05, 0.1) is 19.8 Å². The maximum atomic E-state index is 12.1. The van der Waals surface area contributed by atoms with Gasteiger partial charge in [-0.3, -0.25) is 4.79 Å². The Morgan fingerprint density at radius 2 is 2.05 bits per heavy atom. The van der Waals surface area contributed by atoms with Crippen LogP contribution in [-0.4, -0.2) is 39.3 Å². The van der Waals surface area contributed by atoms with E-state index >= 15 is 0 Å². The van der Waals surface area contributed by atoms with E-state index in [1.165, 1.54) is 12.8 Å². The molecular weight excluding hydrogens is 256 g/mol. The minimum absolute atomic E-state index is 0.132. The quantitative estimate of drug-likeness (QED) is 0.709. The van der Waals surface area contributed by atoms with Crippen molar-refractivity contribution in [1.29, 1.82) is 0 Å². The Kier molecular flexibility index (Phi) is 5.24. The smallest absolute Gasteiger partial charge is 0.255 e. The van der Waals surface area contributed by atoms with E-state index in [-0.39, 0.29) is 5.91 Å². The highest BCUT2D eigenvalue weighted by Gasteiger charge is 2.19. The van der Waals surface area contributed by atoms with Crippen molar-refractivity contribution < 1.29 is 14.3 Å². The van der Waals surface area contributed by atoms with Crippen molar-refractivity contribution in [2.75, 3.05) is 27.3 Å². The van der Waals surface area contributed by atoms with Gasteiger partial charge in [-0.15, -0.1) is 0 Å². The Labute approximate surface area is 119 Å². The average Bonchev–Trinajstić information content (AvgIpc) is 3.30. The number of ether oxygens (including phenoxy) is 2. The summed E-state index contributed by atoms with van der Waals surface area (Å²) in [6, 6.07) is 5.91. The molecule has 2 rings (SSSR count). The minimum Gasteiger partial charge on any atom is -0.497 e. The lowest BCUT2D eigenvalue weighted by molar-refractivity contribution is 0.0950. The lowest BCUT2D eigenvalue weighted by Gasteiger charge is -2.11. The molecular formula is C15H22N2O3. The lowest BCUT2D eigenvalue weighted by Crippen LogP contribution is -2.28. The van der Waals surface area contributed by atoms with E-state index in [9.17, 15) is 4.79 Å². The maximum absolute atomic E-state index is 12.1. The molecule has 0 unspecified atom stereocenters. The first kappa shape index (κ1) is 14.7. The molecule has 5 heteroatoms. The topological polar surface area (TPSA) is 59.6 Å². The fraction of sp³-hybridized carbons (Fsp3) is 0.533. The van der Waals surface area contributed by atoms with Crippen molar-refractivity contribution in [3.05, 3.63) is 23.8 Å². The summed E-state index contributed by atoms with van der Waals surface area (Å²) in [4.78, 5) is 12.1. The predicted molar refractivity (Wildman–Crippen MR) is 77.5 cm³/mol. The first-order valence-electron chi connectivity index (χ1n) is 6.98. The summed E-state index contributed by atoms with van der Waals surface area (Å²) in [5, 5.41) is 6.32. The van der Waals surface area contributed by atoms with Gasteiger partial charge in [0.2, 0.25) is 0 Å². The van der Waals surface area contributed by atoms with Crippen LogP contribution in [0.5, 0.6) is 11.5 Å². The summed E-state index contributed by atoms with van der Waals surface area (Å²) in [7, 11) is 3.13. The van der Waals surface area contributed by atoms with Crippen LogP contribution in [-0.2, 0) is 0 Å². The largest absolute Gasteiger partial charge is 0.497 e. The second kappa shape index (κ2) is 7.14. The highest BCUT2D eigenvalue weighted by molar-refractivity contribution is 5.97. The molecule has 0 bridgehead atoms. The number of amides is 1. The fourth-order valence-electron chi connectivity index (χ4n) is 1.97. The molecule has 0 aromatic heterocycles. The average molecular weight is 278 g/mol. The molecule has 1 fully saturated rings. The van der Waals surface area contributed by atoms with Crippen LogP contribution in [0.4, 0.5) is 0 Å². The monoisotopic (exact) mass is 278 g/mol. The summed E-state index contributed by atoms with van der Waals surface area (Å²) in [5.41, 5.74) is 0.502. The summed E-state index contributed by atoms with van der Waals surface area (Å²) in [6.45, 7) is 1.60. The number of methoxy groups -OCH3 is 2. The summed E-state index contributed by atoms with van der Waals surface area (Å²) in [6.07, 6.45) is 3.50. The molecule has 1 aliphatic rings. The van der Waals surface area contributed by atoms with Crippen molar-refractivity contribution in [2.45, 2.75) is 25.3 Å². The van der Waals surface area contributed by atoms with Gasteiger partial charge in [-0.2, -0.15) is 0 Å². The van der Waals surface area contributed by atoms with Crippen LogP contribution in [0.1, 0.15) is 29.6 Å². The first-order valence-corrected chi connectivity index (χ1v) is 6.98. The van der Waals surface area contributed by atoms with Crippen LogP contribution in [0.15, 0.2) is 18.2 Å². The molecule has 0 aliphatic heterocycles. The number of hydrogen-bond donors (Lipinski definition) is 2. The van der Waals surface area contributed by atoms with Crippen molar-refractivity contribution in [3.8, 4) is 11.5 Å². The van der Waals surface area contributed by atoms with Gasteiger partial charge in [0.1, 0.15) is 11.5 Å². The van der Waals surface area contributed by atoms with Crippen LogP contribution in [0.2, 0.25) is 0 Å². The Hall–Kier alpha value is -1.75. The first-order chi connectivity index (χ1) is 9.74. The van der Waals surface area contributed by atoms with Gasteiger partial charge in [-0.1, -0.05) is 0 Å². The zero-order chi connectivity index (χ0) is 14.4. The normalized spacial score (nSPS) is 13.9. The molecule has 1 aromatic carbocycles. The summed E-state index contributed by atoms with van der Waals surface area (Å²) < 4.78 is 10.3. The summed E-state index contributed by atoms with van der Waals surface area (Å²) in [5.74, 6) is 1.07. The second-order valence-corrected chi connectivity index (χ2v) is 4.90. The molecule has 1 amide bonds. The fourth-order valence-corrected chi connectivity index (χ4v) is 1.97. The minimum atomic E-state index is -0.132. The third-order valence-electron chi connectivity index (χ3n) is 3.30. The molecule has 0 saturated heterocycles. The van der Waals surface area contributed by atoms with Crippen LogP contribution in [0.25, 0.3) is 0 Å².